The van der Waals surface area contributed by atoms with Crippen LogP contribution < -0.4 is 4.74 Å². The van der Waals surface area contributed by atoms with Gasteiger partial charge in [-0.2, -0.15) is 4.98 Å². The molecule has 0 atom stereocenters. The van der Waals surface area contributed by atoms with Crippen LogP contribution >= 0.6 is 11.6 Å². The molecule has 0 aliphatic rings. The largest absolute Gasteiger partial charge is 0.465 e. The van der Waals surface area contributed by atoms with E-state index in [1.54, 1.807) is 64.1 Å². The van der Waals surface area contributed by atoms with Gasteiger partial charge in [0.15, 0.2) is 5.15 Å². The average molecular weight is 474 g/mol. The van der Waals surface area contributed by atoms with Crippen LogP contribution in [0.4, 0.5) is 4.39 Å². The summed E-state index contributed by atoms with van der Waals surface area (Å²) in [7, 11) is 0. The zero-order valence-corrected chi connectivity index (χ0v) is 19.6. The Labute approximate surface area is 196 Å². The first-order valence-electron chi connectivity index (χ1n) is 10.3. The molecule has 0 bridgehead atoms. The number of carbonyl (C=O) groups is 1. The Morgan fingerprint density at radius 1 is 1.27 bits per heavy atom. The SMILES string of the molecule is CCOc1nc(Cl)c(C=NO)n1Cc1ccc(-c2ccccc2C(=O)OC(C)(C)C)cc1F. The van der Waals surface area contributed by atoms with E-state index in [1.165, 1.54) is 10.6 Å². The van der Waals surface area contributed by atoms with Crippen molar-refractivity contribution in [1.29, 1.82) is 0 Å². The number of benzene rings is 2. The topological polar surface area (TPSA) is 85.9 Å². The molecule has 174 valence electrons. The zero-order valence-electron chi connectivity index (χ0n) is 18.8. The van der Waals surface area contributed by atoms with Crippen molar-refractivity contribution in [3.05, 3.63) is 70.3 Å². The van der Waals surface area contributed by atoms with E-state index in [2.05, 4.69) is 10.1 Å². The molecule has 3 rings (SSSR count). The van der Waals surface area contributed by atoms with E-state index >= 15 is 4.39 Å². The summed E-state index contributed by atoms with van der Waals surface area (Å²) in [6, 6.07) is 11.8. The van der Waals surface area contributed by atoms with Crippen LogP contribution in [0.25, 0.3) is 11.1 Å². The van der Waals surface area contributed by atoms with E-state index < -0.39 is 17.4 Å². The molecule has 7 nitrogen and oxygen atoms in total. The monoisotopic (exact) mass is 473 g/mol. The van der Waals surface area contributed by atoms with Gasteiger partial charge in [0.25, 0.3) is 6.01 Å². The minimum absolute atomic E-state index is 0.0379. The Balaban J connectivity index is 1.97. The summed E-state index contributed by atoms with van der Waals surface area (Å²) in [6.45, 7) is 7.51. The van der Waals surface area contributed by atoms with Gasteiger partial charge in [0.05, 0.1) is 24.9 Å². The van der Waals surface area contributed by atoms with Crippen molar-refractivity contribution in [3.8, 4) is 17.1 Å². The lowest BCUT2D eigenvalue weighted by atomic mass is 9.98. The Morgan fingerprint density at radius 2 is 2.00 bits per heavy atom. The molecule has 0 aliphatic heterocycles. The molecule has 33 heavy (non-hydrogen) atoms. The normalized spacial score (nSPS) is 11.7. The van der Waals surface area contributed by atoms with E-state index in [9.17, 15) is 4.79 Å². The number of nitrogens with zero attached hydrogens (tertiary/aromatic N) is 3. The average Bonchev–Trinajstić information content (AvgIpc) is 3.03. The first-order chi connectivity index (χ1) is 15.6. The highest BCUT2D eigenvalue weighted by Gasteiger charge is 2.22. The van der Waals surface area contributed by atoms with Crippen molar-refractivity contribution in [1.82, 2.24) is 9.55 Å². The fourth-order valence-electron chi connectivity index (χ4n) is 3.25. The molecule has 0 saturated heterocycles. The molecule has 0 fully saturated rings. The van der Waals surface area contributed by atoms with Crippen LogP contribution in [0.1, 0.15) is 49.3 Å². The highest BCUT2D eigenvalue weighted by Crippen LogP contribution is 2.29. The summed E-state index contributed by atoms with van der Waals surface area (Å²) in [6.07, 6.45) is 1.11. The van der Waals surface area contributed by atoms with Gasteiger partial charge in [-0.05, 0) is 51.0 Å². The predicted molar refractivity (Wildman–Crippen MR) is 124 cm³/mol. The number of oxime groups is 1. The quantitative estimate of drug-likeness (QED) is 0.210. The lowest BCUT2D eigenvalue weighted by molar-refractivity contribution is 0.00704. The fraction of sp³-hybridized carbons (Fsp3) is 0.292. The second-order valence-electron chi connectivity index (χ2n) is 8.19. The summed E-state index contributed by atoms with van der Waals surface area (Å²) < 4.78 is 27.6. The molecular weight excluding hydrogens is 449 g/mol. The zero-order chi connectivity index (χ0) is 24.2. The van der Waals surface area contributed by atoms with Crippen LogP contribution in [0.15, 0.2) is 47.6 Å². The standard InChI is InChI=1S/C24H25ClFN3O4/c1-5-32-23-28-21(25)20(13-27-31)29(23)14-16-11-10-15(12-19(16)26)17-8-6-7-9-18(17)22(30)33-24(2,3)4/h6-13,31H,5,14H2,1-4H3. The molecule has 2 aromatic carbocycles. The summed E-state index contributed by atoms with van der Waals surface area (Å²) >= 11 is 6.12. The second kappa shape index (κ2) is 10.0. The van der Waals surface area contributed by atoms with E-state index in [1.807, 2.05) is 0 Å². The number of esters is 1. The predicted octanol–water partition coefficient (Wildman–Crippen LogP) is 5.55. The first-order valence-corrected chi connectivity index (χ1v) is 10.7. The van der Waals surface area contributed by atoms with Gasteiger partial charge >= 0.3 is 5.97 Å². The van der Waals surface area contributed by atoms with Crippen LogP contribution in [0, 0.1) is 5.82 Å². The number of halogens is 2. The van der Waals surface area contributed by atoms with Crippen LogP contribution in [0.2, 0.25) is 5.15 Å². The number of imidazole rings is 1. The molecule has 1 aromatic heterocycles. The van der Waals surface area contributed by atoms with Crippen LogP contribution in [0.3, 0.4) is 0 Å². The third-order valence-corrected chi connectivity index (χ3v) is 4.90. The maximum Gasteiger partial charge on any atom is 0.339 e. The van der Waals surface area contributed by atoms with E-state index in [-0.39, 0.29) is 23.4 Å². The van der Waals surface area contributed by atoms with Gasteiger partial charge in [0.1, 0.15) is 17.1 Å². The van der Waals surface area contributed by atoms with Crippen molar-refractivity contribution in [2.24, 2.45) is 5.16 Å². The first kappa shape index (κ1) is 24.3. The lowest BCUT2D eigenvalue weighted by Crippen LogP contribution is -2.24. The second-order valence-corrected chi connectivity index (χ2v) is 8.55. The molecule has 3 aromatic rings. The molecule has 0 aliphatic carbocycles. The Bertz CT molecular complexity index is 1180. The van der Waals surface area contributed by atoms with Crippen molar-refractivity contribution in [2.75, 3.05) is 6.61 Å². The fourth-order valence-corrected chi connectivity index (χ4v) is 3.47. The maximum absolute atomic E-state index is 15.2. The Hall–Kier alpha value is -3.39. The van der Waals surface area contributed by atoms with Crippen LogP contribution in [0.5, 0.6) is 6.01 Å². The number of carbonyl (C=O) groups excluding carboxylic acids is 1. The van der Waals surface area contributed by atoms with Gasteiger partial charge in [0.2, 0.25) is 0 Å². The molecule has 0 amide bonds. The molecule has 1 N–H and O–H groups in total. The number of rotatable bonds is 7. The Morgan fingerprint density at radius 3 is 2.64 bits per heavy atom. The molecule has 0 spiro atoms. The minimum Gasteiger partial charge on any atom is -0.465 e. The van der Waals surface area contributed by atoms with Gasteiger partial charge in [-0.3, -0.25) is 4.57 Å². The number of ether oxygens (including phenoxy) is 2. The molecule has 0 radical (unpaired) electrons. The lowest BCUT2D eigenvalue weighted by Gasteiger charge is -2.20. The molecule has 1 heterocycles. The van der Waals surface area contributed by atoms with Gasteiger partial charge < -0.3 is 14.7 Å². The van der Waals surface area contributed by atoms with Gasteiger partial charge in [-0.25, -0.2) is 9.18 Å². The van der Waals surface area contributed by atoms with E-state index in [0.29, 0.717) is 28.9 Å². The van der Waals surface area contributed by atoms with Crippen molar-refractivity contribution < 1.29 is 23.9 Å². The maximum atomic E-state index is 15.2. The third kappa shape index (κ3) is 5.70. The number of aromatic nitrogens is 2. The smallest absolute Gasteiger partial charge is 0.339 e. The number of hydrogen-bond donors (Lipinski definition) is 1. The highest BCUT2D eigenvalue weighted by molar-refractivity contribution is 6.31. The van der Waals surface area contributed by atoms with Crippen molar-refractivity contribution in [2.45, 2.75) is 39.8 Å². The minimum atomic E-state index is -0.654. The highest BCUT2D eigenvalue weighted by atomic mass is 35.5. The third-order valence-electron chi connectivity index (χ3n) is 4.62. The van der Waals surface area contributed by atoms with Crippen LogP contribution in [-0.4, -0.2) is 39.2 Å². The summed E-state index contributed by atoms with van der Waals surface area (Å²) in [5.41, 5.74) is 1.40. The molecular formula is C24H25ClFN3O4. The summed E-state index contributed by atoms with van der Waals surface area (Å²) in [5, 5.41) is 12.0. The Kier molecular flexibility index (Phi) is 7.38. The molecule has 9 heteroatoms. The van der Waals surface area contributed by atoms with Gasteiger partial charge in [0, 0.05) is 5.56 Å². The molecule has 0 unspecified atom stereocenters. The van der Waals surface area contributed by atoms with Gasteiger partial charge in [-0.15, -0.1) is 0 Å². The molecule has 0 saturated carbocycles. The summed E-state index contributed by atoms with van der Waals surface area (Å²) in [4.78, 5) is 16.8. The van der Waals surface area contributed by atoms with Crippen molar-refractivity contribution in [3.63, 3.8) is 0 Å². The van der Waals surface area contributed by atoms with E-state index in [4.69, 9.17) is 26.3 Å². The number of hydrogen-bond acceptors (Lipinski definition) is 6. The van der Waals surface area contributed by atoms with Crippen LogP contribution in [-0.2, 0) is 11.3 Å². The summed E-state index contributed by atoms with van der Waals surface area (Å²) in [5.74, 6) is -0.976. The van der Waals surface area contributed by atoms with Gasteiger partial charge in [-0.1, -0.05) is 47.1 Å². The van der Waals surface area contributed by atoms with Crippen molar-refractivity contribution >= 4 is 23.8 Å². The van der Waals surface area contributed by atoms with E-state index in [0.717, 1.165) is 6.21 Å².